The molecule has 1 heterocycles. The summed E-state index contributed by atoms with van der Waals surface area (Å²) >= 11 is 0. The Labute approximate surface area is 147 Å². The highest BCUT2D eigenvalue weighted by atomic mass is 16.5. The third kappa shape index (κ3) is 4.38. The number of ether oxygens (including phenoxy) is 2. The monoisotopic (exact) mass is 341 g/mol. The van der Waals surface area contributed by atoms with Crippen LogP contribution in [0, 0.1) is 0 Å². The summed E-state index contributed by atoms with van der Waals surface area (Å²) in [6, 6.07) is 16.7. The van der Waals surface area contributed by atoms with Crippen molar-refractivity contribution in [3.8, 4) is 5.75 Å². The molecule has 1 aliphatic rings. The van der Waals surface area contributed by atoms with Crippen molar-refractivity contribution in [2.45, 2.75) is 18.6 Å². The van der Waals surface area contributed by atoms with Crippen molar-refractivity contribution in [3.63, 3.8) is 0 Å². The van der Waals surface area contributed by atoms with Gasteiger partial charge in [-0.15, -0.1) is 0 Å². The van der Waals surface area contributed by atoms with Crippen molar-refractivity contribution in [1.82, 2.24) is 4.90 Å². The number of hydrogen-bond acceptors (Lipinski definition) is 4. The lowest BCUT2D eigenvalue weighted by Crippen LogP contribution is -2.47. The van der Waals surface area contributed by atoms with Gasteiger partial charge < -0.3 is 14.6 Å². The number of benzene rings is 2. The summed E-state index contributed by atoms with van der Waals surface area (Å²) in [7, 11) is 1.58. The zero-order valence-electron chi connectivity index (χ0n) is 14.3. The first-order valence-corrected chi connectivity index (χ1v) is 8.43. The molecule has 1 aliphatic heterocycles. The lowest BCUT2D eigenvalue weighted by Gasteiger charge is -2.36. The standard InChI is InChI=1S/C20H23NO4/c1-24-17-9-5-8-16(13-17)19(20(22)23)21-10-11-25-18(14-21)12-15-6-3-2-4-7-15/h2-9,13,18-19H,10-12,14H2,1H3,(H,22,23). The molecule has 5 heteroatoms. The Morgan fingerprint density at radius 3 is 2.80 bits per heavy atom. The van der Waals surface area contributed by atoms with E-state index in [0.717, 1.165) is 12.0 Å². The Balaban J connectivity index is 1.76. The second kappa shape index (κ2) is 8.14. The van der Waals surface area contributed by atoms with Crippen LogP contribution in [0.3, 0.4) is 0 Å². The van der Waals surface area contributed by atoms with Crippen molar-refractivity contribution in [1.29, 1.82) is 0 Å². The SMILES string of the molecule is COc1cccc(C(C(=O)O)N2CCOC(Cc3ccccc3)C2)c1. The maximum atomic E-state index is 11.9. The maximum absolute atomic E-state index is 11.9. The average molecular weight is 341 g/mol. The highest BCUT2D eigenvalue weighted by molar-refractivity contribution is 5.75. The Morgan fingerprint density at radius 2 is 2.08 bits per heavy atom. The largest absolute Gasteiger partial charge is 0.497 e. The number of aliphatic carboxylic acids is 1. The lowest BCUT2D eigenvalue weighted by atomic mass is 10.0. The van der Waals surface area contributed by atoms with E-state index < -0.39 is 12.0 Å². The van der Waals surface area contributed by atoms with Gasteiger partial charge in [0.05, 0.1) is 19.8 Å². The normalized spacial score (nSPS) is 19.3. The van der Waals surface area contributed by atoms with Gasteiger partial charge in [-0.05, 0) is 29.7 Å². The number of hydrogen-bond donors (Lipinski definition) is 1. The van der Waals surface area contributed by atoms with Gasteiger partial charge in [0.2, 0.25) is 0 Å². The molecule has 0 radical (unpaired) electrons. The van der Waals surface area contributed by atoms with E-state index >= 15 is 0 Å². The van der Waals surface area contributed by atoms with E-state index in [9.17, 15) is 9.90 Å². The molecule has 0 aliphatic carbocycles. The highest BCUT2D eigenvalue weighted by Gasteiger charge is 2.32. The van der Waals surface area contributed by atoms with Crippen LogP contribution in [0.25, 0.3) is 0 Å². The van der Waals surface area contributed by atoms with Crippen molar-refractivity contribution < 1.29 is 19.4 Å². The summed E-state index contributed by atoms with van der Waals surface area (Å²) < 4.78 is 11.1. The van der Waals surface area contributed by atoms with E-state index in [0.29, 0.717) is 25.4 Å². The molecule has 25 heavy (non-hydrogen) atoms. The van der Waals surface area contributed by atoms with Gasteiger partial charge in [-0.3, -0.25) is 9.69 Å². The lowest BCUT2D eigenvalue weighted by molar-refractivity contribution is -0.147. The van der Waals surface area contributed by atoms with Crippen LogP contribution in [0.15, 0.2) is 54.6 Å². The van der Waals surface area contributed by atoms with Gasteiger partial charge in [-0.25, -0.2) is 0 Å². The van der Waals surface area contributed by atoms with Gasteiger partial charge in [0.15, 0.2) is 0 Å². The first-order chi connectivity index (χ1) is 12.2. The smallest absolute Gasteiger partial charge is 0.325 e. The van der Waals surface area contributed by atoms with Crippen LogP contribution in [-0.2, 0) is 16.0 Å². The summed E-state index contributed by atoms with van der Waals surface area (Å²) in [5, 5.41) is 9.80. The highest BCUT2D eigenvalue weighted by Crippen LogP contribution is 2.27. The minimum Gasteiger partial charge on any atom is -0.497 e. The first kappa shape index (κ1) is 17.5. The number of rotatable bonds is 6. The molecule has 1 fully saturated rings. The third-order valence-corrected chi connectivity index (χ3v) is 4.48. The fourth-order valence-electron chi connectivity index (χ4n) is 3.30. The summed E-state index contributed by atoms with van der Waals surface area (Å²) in [5.41, 5.74) is 1.93. The molecular formula is C20H23NO4. The second-order valence-electron chi connectivity index (χ2n) is 6.19. The molecule has 0 spiro atoms. The predicted octanol–water partition coefficient (Wildman–Crippen LogP) is 2.76. The summed E-state index contributed by atoms with van der Waals surface area (Å²) in [6.07, 6.45) is 0.769. The van der Waals surface area contributed by atoms with Gasteiger partial charge in [0, 0.05) is 13.1 Å². The topological polar surface area (TPSA) is 59.0 Å². The van der Waals surface area contributed by atoms with E-state index in [1.807, 2.05) is 41.3 Å². The molecule has 1 N–H and O–H groups in total. The molecule has 5 nitrogen and oxygen atoms in total. The van der Waals surface area contributed by atoms with Gasteiger partial charge in [0.1, 0.15) is 11.8 Å². The molecule has 2 unspecified atom stereocenters. The number of morpholine rings is 1. The number of carbonyl (C=O) groups is 1. The molecule has 1 saturated heterocycles. The average Bonchev–Trinajstić information content (AvgIpc) is 2.63. The molecule has 2 aromatic rings. The van der Waals surface area contributed by atoms with Crippen molar-refractivity contribution in [2.75, 3.05) is 26.8 Å². The molecular weight excluding hydrogens is 318 g/mol. The van der Waals surface area contributed by atoms with E-state index in [2.05, 4.69) is 12.1 Å². The van der Waals surface area contributed by atoms with E-state index in [-0.39, 0.29) is 6.10 Å². The fraction of sp³-hybridized carbons (Fsp3) is 0.350. The third-order valence-electron chi connectivity index (χ3n) is 4.48. The van der Waals surface area contributed by atoms with Crippen LogP contribution in [0.5, 0.6) is 5.75 Å². The minimum absolute atomic E-state index is 0.0105. The molecule has 0 amide bonds. The predicted molar refractivity (Wildman–Crippen MR) is 94.8 cm³/mol. The zero-order chi connectivity index (χ0) is 17.6. The van der Waals surface area contributed by atoms with Gasteiger partial charge in [-0.2, -0.15) is 0 Å². The fourth-order valence-corrected chi connectivity index (χ4v) is 3.30. The molecule has 2 aromatic carbocycles. The van der Waals surface area contributed by atoms with Gasteiger partial charge in [-0.1, -0.05) is 42.5 Å². The van der Waals surface area contributed by atoms with E-state index in [4.69, 9.17) is 9.47 Å². The minimum atomic E-state index is -0.853. The summed E-state index contributed by atoms with van der Waals surface area (Å²) in [6.45, 7) is 1.72. The van der Waals surface area contributed by atoms with Crippen molar-refractivity contribution in [3.05, 3.63) is 65.7 Å². The van der Waals surface area contributed by atoms with Gasteiger partial charge >= 0.3 is 5.97 Å². The van der Waals surface area contributed by atoms with Gasteiger partial charge in [0.25, 0.3) is 0 Å². The molecule has 0 bridgehead atoms. The van der Waals surface area contributed by atoms with Crippen molar-refractivity contribution >= 4 is 5.97 Å². The second-order valence-corrected chi connectivity index (χ2v) is 6.19. The number of carboxylic acids is 1. The molecule has 0 aromatic heterocycles. The molecule has 0 saturated carbocycles. The molecule has 132 valence electrons. The Kier molecular flexibility index (Phi) is 5.68. The van der Waals surface area contributed by atoms with Crippen LogP contribution >= 0.6 is 0 Å². The number of carboxylic acid groups (broad SMARTS) is 1. The van der Waals surface area contributed by atoms with Crippen LogP contribution in [-0.4, -0.2) is 48.9 Å². The molecule has 3 rings (SSSR count). The zero-order valence-corrected chi connectivity index (χ0v) is 14.3. The Hall–Kier alpha value is -2.37. The quantitative estimate of drug-likeness (QED) is 0.875. The maximum Gasteiger partial charge on any atom is 0.325 e. The number of nitrogens with zero attached hydrogens (tertiary/aromatic N) is 1. The van der Waals surface area contributed by atoms with E-state index in [1.54, 1.807) is 13.2 Å². The van der Waals surface area contributed by atoms with Crippen LogP contribution in [0.4, 0.5) is 0 Å². The summed E-state index contributed by atoms with van der Waals surface area (Å²) in [4.78, 5) is 13.9. The summed E-state index contributed by atoms with van der Waals surface area (Å²) in [5.74, 6) is -0.188. The number of methoxy groups -OCH3 is 1. The van der Waals surface area contributed by atoms with Crippen LogP contribution in [0.2, 0.25) is 0 Å². The Morgan fingerprint density at radius 1 is 1.28 bits per heavy atom. The molecule has 2 atom stereocenters. The van der Waals surface area contributed by atoms with E-state index in [1.165, 1.54) is 5.56 Å². The van der Waals surface area contributed by atoms with Crippen LogP contribution in [0.1, 0.15) is 17.2 Å². The first-order valence-electron chi connectivity index (χ1n) is 8.43. The van der Waals surface area contributed by atoms with Crippen LogP contribution < -0.4 is 4.74 Å². The van der Waals surface area contributed by atoms with Crippen molar-refractivity contribution in [2.24, 2.45) is 0 Å². The Bertz CT molecular complexity index is 704.